The lowest BCUT2D eigenvalue weighted by Crippen LogP contribution is -2.30. The summed E-state index contributed by atoms with van der Waals surface area (Å²) in [4.78, 5) is 16.0. The molecule has 1 heterocycles. The molecule has 4 nitrogen and oxygen atoms in total. The Labute approximate surface area is 108 Å². The minimum Gasteiger partial charge on any atom is -0.381 e. The molecule has 0 spiro atoms. The molecule has 0 unspecified atom stereocenters. The first-order valence-electron chi connectivity index (χ1n) is 6.67. The van der Waals surface area contributed by atoms with Crippen LogP contribution in [0.2, 0.25) is 0 Å². The van der Waals surface area contributed by atoms with Gasteiger partial charge in [-0.2, -0.15) is 0 Å². The van der Waals surface area contributed by atoms with Crippen LogP contribution in [0.25, 0.3) is 0 Å². The maximum Gasteiger partial charge on any atom is 0.253 e. The summed E-state index contributed by atoms with van der Waals surface area (Å²) >= 11 is 0. The lowest BCUT2D eigenvalue weighted by molar-refractivity contribution is 0.0943. The van der Waals surface area contributed by atoms with E-state index in [1.54, 1.807) is 12.4 Å². The normalized spacial score (nSPS) is 15.9. The van der Waals surface area contributed by atoms with Crippen LogP contribution in [0.4, 0.5) is 5.69 Å². The third kappa shape index (κ3) is 3.45. The number of amides is 1. The van der Waals surface area contributed by atoms with Crippen LogP contribution in [0.5, 0.6) is 0 Å². The predicted octanol–water partition coefficient (Wildman–Crippen LogP) is 2.57. The molecule has 4 heteroatoms. The van der Waals surface area contributed by atoms with Gasteiger partial charge in [0.2, 0.25) is 0 Å². The standard InChI is InChI=1S/C14H21N3O/c1-10(2)16-14(18)11-7-13(9-15-8-11)17-12-5-3-4-6-12/h7-10,12,17H,3-6H2,1-2H3,(H,16,18). The molecule has 18 heavy (non-hydrogen) atoms. The van der Waals surface area contributed by atoms with E-state index < -0.39 is 0 Å². The largest absolute Gasteiger partial charge is 0.381 e. The van der Waals surface area contributed by atoms with Gasteiger partial charge >= 0.3 is 0 Å². The summed E-state index contributed by atoms with van der Waals surface area (Å²) in [6.07, 6.45) is 8.39. The molecule has 2 N–H and O–H groups in total. The Bertz CT molecular complexity index is 411. The molecule has 98 valence electrons. The first-order valence-corrected chi connectivity index (χ1v) is 6.67. The Hall–Kier alpha value is -1.58. The summed E-state index contributed by atoms with van der Waals surface area (Å²) in [5, 5.41) is 6.32. The molecular formula is C14H21N3O. The van der Waals surface area contributed by atoms with Crippen LogP contribution >= 0.6 is 0 Å². The van der Waals surface area contributed by atoms with Gasteiger partial charge in [0.1, 0.15) is 0 Å². The van der Waals surface area contributed by atoms with E-state index in [0.717, 1.165) is 5.69 Å². The number of nitrogens with zero attached hydrogens (tertiary/aromatic N) is 1. The van der Waals surface area contributed by atoms with E-state index in [2.05, 4.69) is 15.6 Å². The van der Waals surface area contributed by atoms with Crippen molar-refractivity contribution in [2.45, 2.75) is 51.6 Å². The Balaban J connectivity index is 2.02. The molecule has 0 bridgehead atoms. The van der Waals surface area contributed by atoms with Crippen molar-refractivity contribution in [1.82, 2.24) is 10.3 Å². The predicted molar refractivity (Wildman–Crippen MR) is 72.7 cm³/mol. The average Bonchev–Trinajstić information content (AvgIpc) is 2.81. The van der Waals surface area contributed by atoms with Gasteiger partial charge in [-0.3, -0.25) is 9.78 Å². The number of rotatable bonds is 4. The van der Waals surface area contributed by atoms with Crippen molar-refractivity contribution in [3.05, 3.63) is 24.0 Å². The van der Waals surface area contributed by atoms with Crippen molar-refractivity contribution in [1.29, 1.82) is 0 Å². The molecule has 1 aliphatic rings. The molecule has 2 rings (SSSR count). The number of nitrogens with one attached hydrogen (secondary N) is 2. The highest BCUT2D eigenvalue weighted by Gasteiger charge is 2.15. The lowest BCUT2D eigenvalue weighted by atomic mass is 10.2. The quantitative estimate of drug-likeness (QED) is 0.859. The van der Waals surface area contributed by atoms with Gasteiger partial charge in [-0.05, 0) is 32.8 Å². The van der Waals surface area contributed by atoms with Crippen molar-refractivity contribution < 1.29 is 4.79 Å². The lowest BCUT2D eigenvalue weighted by Gasteiger charge is -2.14. The summed E-state index contributed by atoms with van der Waals surface area (Å²) < 4.78 is 0. The summed E-state index contributed by atoms with van der Waals surface area (Å²) in [6, 6.07) is 2.56. The van der Waals surface area contributed by atoms with Crippen molar-refractivity contribution in [3.8, 4) is 0 Å². The number of pyridine rings is 1. The molecule has 1 amide bonds. The Morgan fingerprint density at radius 3 is 2.72 bits per heavy atom. The molecule has 0 saturated heterocycles. The molecule has 0 aliphatic heterocycles. The third-order valence-electron chi connectivity index (χ3n) is 3.15. The zero-order chi connectivity index (χ0) is 13.0. The van der Waals surface area contributed by atoms with Crippen molar-refractivity contribution in [2.75, 3.05) is 5.32 Å². The van der Waals surface area contributed by atoms with Crippen LogP contribution < -0.4 is 10.6 Å². The van der Waals surface area contributed by atoms with E-state index in [4.69, 9.17) is 0 Å². The van der Waals surface area contributed by atoms with E-state index in [-0.39, 0.29) is 11.9 Å². The van der Waals surface area contributed by atoms with Crippen molar-refractivity contribution in [3.63, 3.8) is 0 Å². The van der Waals surface area contributed by atoms with Gasteiger partial charge in [0.15, 0.2) is 0 Å². The smallest absolute Gasteiger partial charge is 0.253 e. The molecule has 0 radical (unpaired) electrons. The maximum absolute atomic E-state index is 11.9. The molecule has 1 aliphatic carbocycles. The van der Waals surface area contributed by atoms with Crippen LogP contribution in [0, 0.1) is 0 Å². The van der Waals surface area contributed by atoms with E-state index in [0.29, 0.717) is 11.6 Å². The van der Waals surface area contributed by atoms with Crippen LogP contribution in [0.3, 0.4) is 0 Å². The fourth-order valence-electron chi connectivity index (χ4n) is 2.29. The first kappa shape index (κ1) is 12.9. The Kier molecular flexibility index (Phi) is 4.18. The number of carbonyl (C=O) groups excluding carboxylic acids is 1. The SMILES string of the molecule is CC(C)NC(=O)c1cncc(NC2CCCC2)c1. The molecule has 1 saturated carbocycles. The van der Waals surface area contributed by atoms with Gasteiger partial charge in [0.05, 0.1) is 11.3 Å². The molecule has 1 aromatic heterocycles. The molecule has 0 aromatic carbocycles. The van der Waals surface area contributed by atoms with Gasteiger partial charge in [0.25, 0.3) is 5.91 Å². The van der Waals surface area contributed by atoms with Crippen LogP contribution in [-0.4, -0.2) is 23.0 Å². The van der Waals surface area contributed by atoms with Gasteiger partial charge in [-0.1, -0.05) is 12.8 Å². The second-order valence-electron chi connectivity index (χ2n) is 5.22. The molecule has 1 aromatic rings. The number of aromatic nitrogens is 1. The number of hydrogen-bond acceptors (Lipinski definition) is 3. The fourth-order valence-corrected chi connectivity index (χ4v) is 2.29. The minimum atomic E-state index is -0.0624. The first-order chi connectivity index (χ1) is 8.65. The van der Waals surface area contributed by atoms with Gasteiger partial charge < -0.3 is 10.6 Å². The Morgan fingerprint density at radius 1 is 1.33 bits per heavy atom. The topological polar surface area (TPSA) is 54.0 Å². The van der Waals surface area contributed by atoms with E-state index in [1.165, 1.54) is 25.7 Å². The number of hydrogen-bond donors (Lipinski definition) is 2. The van der Waals surface area contributed by atoms with Crippen molar-refractivity contribution in [2.24, 2.45) is 0 Å². The fraction of sp³-hybridized carbons (Fsp3) is 0.571. The highest BCUT2D eigenvalue weighted by Crippen LogP contribution is 2.22. The number of carbonyl (C=O) groups is 1. The zero-order valence-electron chi connectivity index (χ0n) is 11.1. The molecular weight excluding hydrogens is 226 g/mol. The minimum absolute atomic E-state index is 0.0624. The summed E-state index contributed by atoms with van der Waals surface area (Å²) in [6.45, 7) is 3.90. The summed E-state index contributed by atoms with van der Waals surface area (Å²) in [5.74, 6) is -0.0624. The van der Waals surface area contributed by atoms with Crippen molar-refractivity contribution >= 4 is 11.6 Å². The van der Waals surface area contributed by atoms with E-state index in [9.17, 15) is 4.79 Å². The average molecular weight is 247 g/mol. The summed E-state index contributed by atoms with van der Waals surface area (Å²) in [5.41, 5.74) is 1.56. The van der Waals surface area contributed by atoms with Crippen LogP contribution in [0.15, 0.2) is 18.5 Å². The third-order valence-corrected chi connectivity index (χ3v) is 3.15. The van der Waals surface area contributed by atoms with Gasteiger partial charge in [0, 0.05) is 24.5 Å². The van der Waals surface area contributed by atoms with Gasteiger partial charge in [-0.15, -0.1) is 0 Å². The highest BCUT2D eigenvalue weighted by molar-refractivity contribution is 5.94. The van der Waals surface area contributed by atoms with Gasteiger partial charge in [-0.25, -0.2) is 0 Å². The Morgan fingerprint density at radius 2 is 2.06 bits per heavy atom. The van der Waals surface area contributed by atoms with E-state index in [1.807, 2.05) is 19.9 Å². The number of anilines is 1. The van der Waals surface area contributed by atoms with Crippen LogP contribution in [-0.2, 0) is 0 Å². The monoisotopic (exact) mass is 247 g/mol. The van der Waals surface area contributed by atoms with Crippen LogP contribution in [0.1, 0.15) is 49.9 Å². The molecule has 0 atom stereocenters. The summed E-state index contributed by atoms with van der Waals surface area (Å²) in [7, 11) is 0. The van der Waals surface area contributed by atoms with E-state index >= 15 is 0 Å². The second kappa shape index (κ2) is 5.85. The highest BCUT2D eigenvalue weighted by atomic mass is 16.1. The maximum atomic E-state index is 11.9. The molecule has 1 fully saturated rings. The zero-order valence-corrected chi connectivity index (χ0v) is 11.1. The second-order valence-corrected chi connectivity index (χ2v) is 5.22.